The van der Waals surface area contributed by atoms with E-state index in [0.717, 1.165) is 38.0 Å². The van der Waals surface area contributed by atoms with E-state index in [-0.39, 0.29) is 5.92 Å². The van der Waals surface area contributed by atoms with Crippen LogP contribution in [0.4, 0.5) is 5.82 Å². The Kier molecular flexibility index (Phi) is 3.16. The van der Waals surface area contributed by atoms with Gasteiger partial charge in [0, 0.05) is 25.2 Å². The molecule has 0 N–H and O–H groups in total. The smallest absolute Gasteiger partial charge is 0.128 e. The van der Waals surface area contributed by atoms with E-state index in [9.17, 15) is 4.79 Å². The lowest BCUT2D eigenvalue weighted by molar-refractivity contribution is -0.111. The third-order valence-electron chi connectivity index (χ3n) is 2.93. The molecule has 1 fully saturated rings. The van der Waals surface area contributed by atoms with E-state index >= 15 is 0 Å². The summed E-state index contributed by atoms with van der Waals surface area (Å²) in [4.78, 5) is 17.0. The van der Waals surface area contributed by atoms with Gasteiger partial charge in [-0.15, -0.1) is 0 Å². The number of carbonyl (C=O) groups excluding carboxylic acids is 1. The molecule has 0 bridgehead atoms. The number of rotatable bonds is 2. The Bertz CT molecular complexity index is 399. The number of nitrogens with zero attached hydrogens (tertiary/aromatic N) is 3. The minimum absolute atomic E-state index is 0.203. The molecule has 1 aromatic rings. The molecule has 0 radical (unpaired) electrons. The fraction of sp³-hybridized carbons (Fsp3) is 0.417. The quantitative estimate of drug-likeness (QED) is 0.699. The van der Waals surface area contributed by atoms with Crippen LogP contribution in [0.15, 0.2) is 18.3 Å². The lowest BCUT2D eigenvalue weighted by atomic mass is 9.99. The minimum atomic E-state index is 0.203. The molecule has 82 valence electrons. The SMILES string of the molecule is N#Cc1ccc(N2CCC(C=O)CC2)nc1. The van der Waals surface area contributed by atoms with Crippen LogP contribution in [0.25, 0.3) is 0 Å². The van der Waals surface area contributed by atoms with Gasteiger partial charge < -0.3 is 9.69 Å². The van der Waals surface area contributed by atoms with Crippen molar-refractivity contribution in [3.05, 3.63) is 23.9 Å². The van der Waals surface area contributed by atoms with Gasteiger partial charge in [0.1, 0.15) is 18.2 Å². The molecule has 1 saturated heterocycles. The van der Waals surface area contributed by atoms with Gasteiger partial charge in [-0.05, 0) is 25.0 Å². The number of anilines is 1. The molecule has 16 heavy (non-hydrogen) atoms. The highest BCUT2D eigenvalue weighted by atomic mass is 16.1. The molecule has 2 rings (SSSR count). The van der Waals surface area contributed by atoms with Crippen LogP contribution in [0.2, 0.25) is 0 Å². The van der Waals surface area contributed by atoms with Crippen LogP contribution in [-0.4, -0.2) is 24.4 Å². The second-order valence-corrected chi connectivity index (χ2v) is 3.98. The Hall–Kier alpha value is -1.89. The third kappa shape index (κ3) is 2.19. The Morgan fingerprint density at radius 2 is 2.19 bits per heavy atom. The van der Waals surface area contributed by atoms with Crippen molar-refractivity contribution in [2.24, 2.45) is 5.92 Å². The number of aldehydes is 1. The van der Waals surface area contributed by atoms with E-state index in [2.05, 4.69) is 9.88 Å². The summed E-state index contributed by atoms with van der Waals surface area (Å²) in [7, 11) is 0. The first-order valence-electron chi connectivity index (χ1n) is 5.40. The average Bonchev–Trinajstić information content (AvgIpc) is 2.39. The summed E-state index contributed by atoms with van der Waals surface area (Å²) < 4.78 is 0. The number of pyridine rings is 1. The van der Waals surface area contributed by atoms with E-state index in [0.29, 0.717) is 5.56 Å². The molecular weight excluding hydrogens is 202 g/mol. The summed E-state index contributed by atoms with van der Waals surface area (Å²) in [5, 5.41) is 8.66. The van der Waals surface area contributed by atoms with Crippen LogP contribution in [0.5, 0.6) is 0 Å². The summed E-state index contributed by atoms with van der Waals surface area (Å²) in [6, 6.07) is 5.68. The standard InChI is InChI=1S/C12H13N3O/c13-7-11-1-2-12(14-8-11)15-5-3-10(9-16)4-6-15/h1-2,8-10H,3-6H2. The van der Waals surface area contributed by atoms with Gasteiger partial charge in [0.15, 0.2) is 0 Å². The van der Waals surface area contributed by atoms with Crippen LogP contribution >= 0.6 is 0 Å². The van der Waals surface area contributed by atoms with Crippen LogP contribution in [0, 0.1) is 17.2 Å². The van der Waals surface area contributed by atoms with Gasteiger partial charge in [0.2, 0.25) is 0 Å². The van der Waals surface area contributed by atoms with Crippen LogP contribution in [-0.2, 0) is 4.79 Å². The predicted molar refractivity (Wildman–Crippen MR) is 60.0 cm³/mol. The molecule has 0 aliphatic carbocycles. The minimum Gasteiger partial charge on any atom is -0.357 e. The second-order valence-electron chi connectivity index (χ2n) is 3.98. The summed E-state index contributed by atoms with van der Waals surface area (Å²) >= 11 is 0. The van der Waals surface area contributed by atoms with Gasteiger partial charge >= 0.3 is 0 Å². The Balaban J connectivity index is 2.03. The maximum Gasteiger partial charge on any atom is 0.128 e. The molecule has 4 heteroatoms. The normalized spacial score (nSPS) is 16.8. The third-order valence-corrected chi connectivity index (χ3v) is 2.93. The maximum atomic E-state index is 10.6. The highest BCUT2D eigenvalue weighted by molar-refractivity contribution is 5.54. The lowest BCUT2D eigenvalue weighted by Gasteiger charge is -2.30. The van der Waals surface area contributed by atoms with Gasteiger partial charge in [-0.3, -0.25) is 0 Å². The fourth-order valence-electron chi connectivity index (χ4n) is 1.90. The monoisotopic (exact) mass is 215 g/mol. The number of nitriles is 1. The number of aromatic nitrogens is 1. The number of hydrogen-bond donors (Lipinski definition) is 0. The molecule has 4 nitrogen and oxygen atoms in total. The van der Waals surface area contributed by atoms with Gasteiger partial charge in [-0.1, -0.05) is 0 Å². The summed E-state index contributed by atoms with van der Waals surface area (Å²) in [5.74, 6) is 1.10. The van der Waals surface area contributed by atoms with Crippen molar-refractivity contribution in [2.75, 3.05) is 18.0 Å². The topological polar surface area (TPSA) is 57.0 Å². The van der Waals surface area contributed by atoms with E-state index in [1.165, 1.54) is 0 Å². The first-order chi connectivity index (χ1) is 7.83. The molecule has 1 aromatic heterocycles. The maximum absolute atomic E-state index is 10.6. The molecule has 0 saturated carbocycles. The van der Waals surface area contributed by atoms with Crippen molar-refractivity contribution >= 4 is 12.1 Å². The predicted octanol–water partition coefficient (Wildman–Crippen LogP) is 1.37. The molecule has 1 aliphatic heterocycles. The van der Waals surface area contributed by atoms with Gasteiger partial charge in [0.25, 0.3) is 0 Å². The Labute approximate surface area is 94.5 Å². The Morgan fingerprint density at radius 3 is 2.69 bits per heavy atom. The van der Waals surface area contributed by atoms with E-state index < -0.39 is 0 Å². The Morgan fingerprint density at radius 1 is 1.44 bits per heavy atom. The van der Waals surface area contributed by atoms with E-state index in [4.69, 9.17) is 5.26 Å². The number of hydrogen-bond acceptors (Lipinski definition) is 4. The molecule has 2 heterocycles. The van der Waals surface area contributed by atoms with Crippen molar-refractivity contribution in [3.63, 3.8) is 0 Å². The molecule has 0 spiro atoms. The highest BCUT2D eigenvalue weighted by Gasteiger charge is 2.19. The summed E-state index contributed by atoms with van der Waals surface area (Å²) in [6.45, 7) is 1.73. The molecule has 0 aromatic carbocycles. The number of piperidine rings is 1. The van der Waals surface area contributed by atoms with E-state index in [1.54, 1.807) is 12.3 Å². The van der Waals surface area contributed by atoms with Crippen molar-refractivity contribution in [2.45, 2.75) is 12.8 Å². The highest BCUT2D eigenvalue weighted by Crippen LogP contribution is 2.20. The largest absolute Gasteiger partial charge is 0.357 e. The second kappa shape index (κ2) is 4.75. The first kappa shape index (κ1) is 10.6. The van der Waals surface area contributed by atoms with Crippen molar-refractivity contribution < 1.29 is 4.79 Å². The fourth-order valence-corrected chi connectivity index (χ4v) is 1.90. The molecule has 0 unspecified atom stereocenters. The number of carbonyl (C=O) groups is 1. The summed E-state index contributed by atoms with van der Waals surface area (Å²) in [6.07, 6.45) is 4.42. The van der Waals surface area contributed by atoms with Crippen LogP contribution in [0.3, 0.4) is 0 Å². The van der Waals surface area contributed by atoms with Crippen molar-refractivity contribution in [1.82, 2.24) is 4.98 Å². The van der Waals surface area contributed by atoms with Crippen LogP contribution in [0.1, 0.15) is 18.4 Å². The molecule has 0 atom stereocenters. The molecular formula is C12H13N3O. The van der Waals surface area contributed by atoms with Crippen molar-refractivity contribution in [3.8, 4) is 6.07 Å². The molecule has 0 amide bonds. The lowest BCUT2D eigenvalue weighted by Crippen LogP contribution is -2.34. The van der Waals surface area contributed by atoms with Crippen molar-refractivity contribution in [1.29, 1.82) is 5.26 Å². The zero-order valence-electron chi connectivity index (χ0n) is 8.97. The summed E-state index contributed by atoms with van der Waals surface area (Å²) in [5.41, 5.74) is 0.575. The van der Waals surface area contributed by atoms with Gasteiger partial charge in [-0.2, -0.15) is 5.26 Å². The van der Waals surface area contributed by atoms with E-state index in [1.807, 2.05) is 12.1 Å². The van der Waals surface area contributed by atoms with Gasteiger partial charge in [-0.25, -0.2) is 4.98 Å². The first-order valence-corrected chi connectivity index (χ1v) is 5.40. The van der Waals surface area contributed by atoms with Crippen LogP contribution < -0.4 is 4.90 Å². The zero-order valence-corrected chi connectivity index (χ0v) is 8.97. The zero-order chi connectivity index (χ0) is 11.4. The van der Waals surface area contributed by atoms with Gasteiger partial charge in [0.05, 0.1) is 5.56 Å². The average molecular weight is 215 g/mol. The molecule has 1 aliphatic rings.